The van der Waals surface area contributed by atoms with Crippen LogP contribution >= 0.6 is 0 Å². The maximum Gasteiger partial charge on any atom is 0.335 e. The summed E-state index contributed by atoms with van der Waals surface area (Å²) in [5.74, 6) is -2.25. The van der Waals surface area contributed by atoms with Crippen molar-refractivity contribution in [1.82, 2.24) is 0 Å². The van der Waals surface area contributed by atoms with Crippen molar-refractivity contribution in [2.24, 2.45) is 0 Å². The molecule has 0 fully saturated rings. The summed E-state index contributed by atoms with van der Waals surface area (Å²) < 4.78 is 0. The van der Waals surface area contributed by atoms with Gasteiger partial charge in [0.1, 0.15) is 0 Å². The van der Waals surface area contributed by atoms with Gasteiger partial charge in [0.25, 0.3) is 0 Å². The molecule has 0 unspecified atom stereocenters. The summed E-state index contributed by atoms with van der Waals surface area (Å²) in [6.07, 6.45) is 0. The van der Waals surface area contributed by atoms with E-state index in [1.165, 1.54) is 18.2 Å². The Kier molecular flexibility index (Phi) is 16.6. The molecule has 0 aromatic heterocycles. The van der Waals surface area contributed by atoms with Gasteiger partial charge in [0.05, 0.1) is 11.1 Å². The molecule has 18 heavy (non-hydrogen) atoms. The highest BCUT2D eigenvalue weighted by Crippen LogP contribution is 2.04. The third-order valence-corrected chi connectivity index (χ3v) is 1.36. The largest absolute Gasteiger partial charge is 0.478 e. The second-order valence-corrected chi connectivity index (χ2v) is 2.19. The third kappa shape index (κ3) is 8.67. The van der Waals surface area contributed by atoms with Gasteiger partial charge in [0, 0.05) is 0 Å². The number of benzene rings is 1. The number of hydrogen-bond acceptors (Lipinski definition) is 2. The Balaban J connectivity index is -0.000000328. The minimum absolute atomic E-state index is 0.0186. The first-order valence-electron chi connectivity index (χ1n) is 4.68. The van der Waals surface area contributed by atoms with E-state index >= 15 is 0 Å². The Morgan fingerprint density at radius 3 is 1.28 bits per heavy atom. The fourth-order valence-corrected chi connectivity index (χ4v) is 0.785. The van der Waals surface area contributed by atoms with E-state index < -0.39 is 11.9 Å². The molecule has 0 spiro atoms. The maximum atomic E-state index is 10.4. The SMILES string of the molecule is C=C.C=C.C=C.O=C(O)c1cccc(C(=O)O)c1. The molecule has 0 atom stereocenters. The lowest BCUT2D eigenvalue weighted by atomic mass is 10.1. The molecule has 0 saturated carbocycles. The molecule has 0 radical (unpaired) electrons. The summed E-state index contributed by atoms with van der Waals surface area (Å²) >= 11 is 0. The van der Waals surface area contributed by atoms with E-state index in [2.05, 4.69) is 39.5 Å². The van der Waals surface area contributed by atoms with Crippen molar-refractivity contribution in [2.45, 2.75) is 0 Å². The van der Waals surface area contributed by atoms with Crippen LogP contribution in [0.2, 0.25) is 0 Å². The van der Waals surface area contributed by atoms with E-state index in [-0.39, 0.29) is 11.1 Å². The zero-order valence-electron chi connectivity index (χ0n) is 10.3. The van der Waals surface area contributed by atoms with E-state index in [1.54, 1.807) is 0 Å². The minimum Gasteiger partial charge on any atom is -0.478 e. The molecule has 0 saturated heterocycles. The van der Waals surface area contributed by atoms with Crippen molar-refractivity contribution in [3.8, 4) is 0 Å². The molecule has 4 heteroatoms. The summed E-state index contributed by atoms with van der Waals surface area (Å²) in [5.41, 5.74) is -0.0372. The average Bonchev–Trinajstić information content (AvgIpc) is 2.45. The molecule has 1 aromatic carbocycles. The second-order valence-electron chi connectivity index (χ2n) is 2.19. The normalized spacial score (nSPS) is 6.89. The van der Waals surface area contributed by atoms with Crippen LogP contribution in [-0.2, 0) is 0 Å². The number of rotatable bonds is 2. The van der Waals surface area contributed by atoms with E-state index in [9.17, 15) is 9.59 Å². The maximum absolute atomic E-state index is 10.4. The van der Waals surface area contributed by atoms with Gasteiger partial charge in [0.2, 0.25) is 0 Å². The second kappa shape index (κ2) is 14.4. The van der Waals surface area contributed by atoms with Crippen LogP contribution < -0.4 is 0 Å². The first kappa shape index (κ1) is 20.8. The third-order valence-electron chi connectivity index (χ3n) is 1.36. The Bertz CT molecular complexity index is 338. The number of hydrogen-bond donors (Lipinski definition) is 2. The summed E-state index contributed by atoms with van der Waals surface area (Å²) in [7, 11) is 0. The molecule has 0 aliphatic carbocycles. The van der Waals surface area contributed by atoms with Gasteiger partial charge in [-0.3, -0.25) is 0 Å². The van der Waals surface area contributed by atoms with Crippen molar-refractivity contribution in [2.75, 3.05) is 0 Å². The first-order chi connectivity index (χ1) is 8.61. The van der Waals surface area contributed by atoms with Crippen molar-refractivity contribution >= 4 is 11.9 Å². The quantitative estimate of drug-likeness (QED) is 0.788. The molecule has 2 N–H and O–H groups in total. The van der Waals surface area contributed by atoms with E-state index in [0.29, 0.717) is 0 Å². The lowest BCUT2D eigenvalue weighted by Gasteiger charge is -1.95. The van der Waals surface area contributed by atoms with Crippen LogP contribution in [0.15, 0.2) is 63.7 Å². The van der Waals surface area contributed by atoms with Crippen molar-refractivity contribution < 1.29 is 19.8 Å². The van der Waals surface area contributed by atoms with Gasteiger partial charge >= 0.3 is 11.9 Å². The fourth-order valence-electron chi connectivity index (χ4n) is 0.785. The fraction of sp³-hybridized carbons (Fsp3) is 0. The van der Waals surface area contributed by atoms with Gasteiger partial charge in [0.15, 0.2) is 0 Å². The molecule has 0 amide bonds. The zero-order chi connectivity index (χ0) is 15.1. The van der Waals surface area contributed by atoms with Crippen molar-refractivity contribution in [3.63, 3.8) is 0 Å². The molecular weight excluding hydrogens is 232 g/mol. The summed E-state index contributed by atoms with van der Waals surface area (Å²) in [4.78, 5) is 20.8. The van der Waals surface area contributed by atoms with Crippen LogP contribution in [0.3, 0.4) is 0 Å². The van der Waals surface area contributed by atoms with E-state index in [0.717, 1.165) is 6.07 Å². The molecule has 0 aliphatic heterocycles. The van der Waals surface area contributed by atoms with E-state index in [1.807, 2.05) is 0 Å². The predicted molar refractivity (Wildman–Crippen MR) is 74.1 cm³/mol. The van der Waals surface area contributed by atoms with Crippen LogP contribution in [0.4, 0.5) is 0 Å². The lowest BCUT2D eigenvalue weighted by molar-refractivity contribution is 0.0696. The first-order valence-corrected chi connectivity index (χ1v) is 4.68. The number of carboxylic acids is 2. The van der Waals surface area contributed by atoms with Gasteiger partial charge < -0.3 is 10.2 Å². The summed E-state index contributed by atoms with van der Waals surface area (Å²) in [6, 6.07) is 5.20. The highest BCUT2D eigenvalue weighted by molar-refractivity contribution is 5.93. The van der Waals surface area contributed by atoms with E-state index in [4.69, 9.17) is 10.2 Å². The van der Waals surface area contributed by atoms with Crippen LogP contribution in [-0.4, -0.2) is 22.2 Å². The van der Waals surface area contributed by atoms with Crippen LogP contribution in [0.25, 0.3) is 0 Å². The molecule has 0 aliphatic rings. The Hall–Kier alpha value is -2.62. The molecule has 0 heterocycles. The zero-order valence-corrected chi connectivity index (χ0v) is 10.3. The topological polar surface area (TPSA) is 74.6 Å². The van der Waals surface area contributed by atoms with Crippen LogP contribution in [0, 0.1) is 0 Å². The van der Waals surface area contributed by atoms with Gasteiger partial charge in [-0.1, -0.05) is 6.07 Å². The number of aromatic carboxylic acids is 2. The van der Waals surface area contributed by atoms with Gasteiger partial charge in [-0.05, 0) is 18.2 Å². The molecule has 0 bridgehead atoms. The van der Waals surface area contributed by atoms with Crippen molar-refractivity contribution in [1.29, 1.82) is 0 Å². The Labute approximate surface area is 107 Å². The van der Waals surface area contributed by atoms with Crippen LogP contribution in [0.1, 0.15) is 20.7 Å². The minimum atomic E-state index is -1.13. The monoisotopic (exact) mass is 250 g/mol. The molecule has 1 rings (SSSR count). The Morgan fingerprint density at radius 2 is 1.06 bits per heavy atom. The molecular formula is C14H18O4. The van der Waals surface area contributed by atoms with Gasteiger partial charge in [-0.15, -0.1) is 39.5 Å². The molecule has 1 aromatic rings. The average molecular weight is 250 g/mol. The smallest absolute Gasteiger partial charge is 0.335 e. The predicted octanol–water partition coefficient (Wildman–Crippen LogP) is 3.49. The standard InChI is InChI=1S/C8H6O4.3C2H4/c9-7(10)5-2-1-3-6(4-5)8(11)12;3*1-2/h1-4H,(H,9,10)(H,11,12);3*1-2H2. The van der Waals surface area contributed by atoms with Crippen LogP contribution in [0.5, 0.6) is 0 Å². The highest BCUT2D eigenvalue weighted by atomic mass is 16.4. The number of carbonyl (C=O) groups is 2. The Morgan fingerprint density at radius 1 is 0.778 bits per heavy atom. The highest BCUT2D eigenvalue weighted by Gasteiger charge is 2.06. The summed E-state index contributed by atoms with van der Waals surface area (Å²) in [5, 5.41) is 17.0. The lowest BCUT2D eigenvalue weighted by Crippen LogP contribution is -2.01. The molecule has 98 valence electrons. The number of carboxylic acid groups (broad SMARTS) is 2. The van der Waals surface area contributed by atoms with Gasteiger partial charge in [-0.2, -0.15) is 0 Å². The summed E-state index contributed by atoms with van der Waals surface area (Å²) in [6.45, 7) is 18.0. The van der Waals surface area contributed by atoms with Gasteiger partial charge in [-0.25, -0.2) is 9.59 Å². The molecule has 4 nitrogen and oxygen atoms in total. The van der Waals surface area contributed by atoms with Crippen molar-refractivity contribution in [3.05, 3.63) is 74.9 Å².